The van der Waals surface area contributed by atoms with Gasteiger partial charge in [-0.25, -0.2) is 8.42 Å². The zero-order valence-electron chi connectivity index (χ0n) is 12.9. The van der Waals surface area contributed by atoms with Crippen LogP contribution < -0.4 is 15.8 Å². The second-order valence-corrected chi connectivity index (χ2v) is 7.42. The van der Waals surface area contributed by atoms with Crippen LogP contribution in [0.4, 0.5) is 5.69 Å². The van der Waals surface area contributed by atoms with E-state index in [0.29, 0.717) is 24.5 Å². The molecule has 2 aliphatic heterocycles. The van der Waals surface area contributed by atoms with Crippen LogP contribution in [0.3, 0.4) is 0 Å². The molecule has 3 N–H and O–H groups in total. The fraction of sp³-hybridized carbons (Fsp3) is 0.429. The molecule has 2 amide bonds. The van der Waals surface area contributed by atoms with E-state index in [2.05, 4.69) is 5.32 Å². The van der Waals surface area contributed by atoms with Crippen LogP contribution in [0.2, 0.25) is 0 Å². The van der Waals surface area contributed by atoms with E-state index in [9.17, 15) is 18.0 Å². The number of benzene rings is 1. The first-order valence-electron chi connectivity index (χ1n) is 7.46. The first-order chi connectivity index (χ1) is 11.4. The van der Waals surface area contributed by atoms with Gasteiger partial charge in [0.25, 0.3) is 5.91 Å². The number of amides is 2. The normalized spacial score (nSPS) is 18.5. The number of carbonyl (C=O) groups is 2. The van der Waals surface area contributed by atoms with Gasteiger partial charge in [0.05, 0.1) is 17.1 Å². The third-order valence-corrected chi connectivity index (χ3v) is 5.88. The molecule has 9 nitrogen and oxygen atoms in total. The van der Waals surface area contributed by atoms with E-state index in [-0.39, 0.29) is 43.0 Å². The molecule has 1 aromatic rings. The van der Waals surface area contributed by atoms with E-state index < -0.39 is 10.0 Å². The van der Waals surface area contributed by atoms with E-state index in [0.717, 1.165) is 0 Å². The lowest BCUT2D eigenvalue weighted by atomic mass is 10.2. The minimum absolute atomic E-state index is 0.0747. The van der Waals surface area contributed by atoms with Crippen molar-refractivity contribution in [2.45, 2.75) is 4.90 Å². The summed E-state index contributed by atoms with van der Waals surface area (Å²) in [6.07, 6.45) is 0. The molecule has 0 aromatic heterocycles. The van der Waals surface area contributed by atoms with Crippen molar-refractivity contribution in [1.29, 1.82) is 0 Å². The SMILES string of the molecule is NCC(=O)N1CCN(S(=O)(=O)c2ccc3c(c2)NC(=O)CO3)CC1. The zero-order chi connectivity index (χ0) is 17.3. The number of hydrogen-bond acceptors (Lipinski definition) is 6. The van der Waals surface area contributed by atoms with Crippen molar-refractivity contribution in [3.8, 4) is 5.75 Å². The summed E-state index contributed by atoms with van der Waals surface area (Å²) in [6, 6.07) is 4.36. The Balaban J connectivity index is 1.78. The van der Waals surface area contributed by atoms with Gasteiger partial charge in [0.15, 0.2) is 6.61 Å². The Morgan fingerprint density at radius 1 is 1.25 bits per heavy atom. The van der Waals surface area contributed by atoms with Crippen molar-refractivity contribution in [1.82, 2.24) is 9.21 Å². The highest BCUT2D eigenvalue weighted by molar-refractivity contribution is 7.89. The molecular weight excluding hydrogens is 336 g/mol. The summed E-state index contributed by atoms with van der Waals surface area (Å²) in [4.78, 5) is 24.6. The molecule has 3 rings (SSSR count). The van der Waals surface area contributed by atoms with E-state index in [4.69, 9.17) is 10.5 Å². The van der Waals surface area contributed by atoms with Crippen molar-refractivity contribution < 1.29 is 22.7 Å². The highest BCUT2D eigenvalue weighted by atomic mass is 32.2. The molecular formula is C14H18N4O5S. The summed E-state index contributed by atoms with van der Waals surface area (Å²) < 4.78 is 32.0. The van der Waals surface area contributed by atoms with E-state index in [1.165, 1.54) is 22.5 Å². The molecule has 0 atom stereocenters. The van der Waals surface area contributed by atoms with Crippen LogP contribution in [0.1, 0.15) is 0 Å². The summed E-state index contributed by atoms with van der Waals surface area (Å²) in [5, 5.41) is 2.59. The standard InChI is InChI=1S/C14H18N4O5S/c15-8-14(20)17-3-5-18(6-4-17)24(21,22)10-1-2-12-11(7-10)16-13(19)9-23-12/h1-2,7H,3-6,8-9,15H2,(H,16,19). The van der Waals surface area contributed by atoms with Crippen molar-refractivity contribution >= 4 is 27.5 Å². The van der Waals surface area contributed by atoms with Gasteiger partial charge in [0.2, 0.25) is 15.9 Å². The van der Waals surface area contributed by atoms with Crippen LogP contribution in [0, 0.1) is 0 Å². The van der Waals surface area contributed by atoms with Crippen molar-refractivity contribution in [3.63, 3.8) is 0 Å². The summed E-state index contributed by atoms with van der Waals surface area (Å²) in [5.74, 6) is -0.0847. The number of anilines is 1. The molecule has 0 unspecified atom stereocenters. The number of fused-ring (bicyclic) bond motifs is 1. The van der Waals surface area contributed by atoms with Gasteiger partial charge in [-0.1, -0.05) is 0 Å². The Hall–Kier alpha value is -2.17. The molecule has 10 heteroatoms. The molecule has 2 heterocycles. The van der Waals surface area contributed by atoms with E-state index in [1.54, 1.807) is 4.90 Å². The lowest BCUT2D eigenvalue weighted by Gasteiger charge is -2.34. The highest BCUT2D eigenvalue weighted by Crippen LogP contribution is 2.31. The van der Waals surface area contributed by atoms with Gasteiger partial charge in [-0.3, -0.25) is 9.59 Å². The lowest BCUT2D eigenvalue weighted by molar-refractivity contribution is -0.130. The predicted octanol–water partition coefficient (Wildman–Crippen LogP) is -1.19. The minimum Gasteiger partial charge on any atom is -0.482 e. The number of sulfonamides is 1. The van der Waals surface area contributed by atoms with E-state index >= 15 is 0 Å². The maximum atomic E-state index is 12.7. The van der Waals surface area contributed by atoms with Gasteiger partial charge in [-0.15, -0.1) is 0 Å². The molecule has 130 valence electrons. The average molecular weight is 354 g/mol. The number of rotatable bonds is 3. The Morgan fingerprint density at radius 3 is 2.62 bits per heavy atom. The number of nitrogens with zero attached hydrogens (tertiary/aromatic N) is 2. The topological polar surface area (TPSA) is 122 Å². The van der Waals surface area contributed by atoms with Gasteiger partial charge >= 0.3 is 0 Å². The van der Waals surface area contributed by atoms with Gasteiger partial charge in [-0.2, -0.15) is 4.31 Å². The third-order valence-electron chi connectivity index (χ3n) is 3.99. The lowest BCUT2D eigenvalue weighted by Crippen LogP contribution is -2.51. The predicted molar refractivity (Wildman–Crippen MR) is 85.0 cm³/mol. The van der Waals surface area contributed by atoms with Gasteiger partial charge in [-0.05, 0) is 18.2 Å². The highest BCUT2D eigenvalue weighted by Gasteiger charge is 2.30. The summed E-state index contributed by atoms with van der Waals surface area (Å²) in [5.41, 5.74) is 5.66. The Bertz CT molecular complexity index is 771. The molecule has 0 saturated carbocycles. The molecule has 24 heavy (non-hydrogen) atoms. The average Bonchev–Trinajstić information content (AvgIpc) is 2.60. The van der Waals surface area contributed by atoms with Crippen LogP contribution in [0.15, 0.2) is 23.1 Å². The first kappa shape index (κ1) is 16.7. The van der Waals surface area contributed by atoms with Gasteiger partial charge in [0.1, 0.15) is 5.75 Å². The summed E-state index contributed by atoms with van der Waals surface area (Å²) in [7, 11) is -3.71. The molecule has 0 spiro atoms. The fourth-order valence-corrected chi connectivity index (χ4v) is 4.13. The molecule has 1 aromatic carbocycles. The monoisotopic (exact) mass is 354 g/mol. The second kappa shape index (κ2) is 6.38. The van der Waals surface area contributed by atoms with Crippen LogP contribution >= 0.6 is 0 Å². The van der Waals surface area contributed by atoms with Crippen molar-refractivity contribution in [3.05, 3.63) is 18.2 Å². The smallest absolute Gasteiger partial charge is 0.262 e. The number of nitrogens with two attached hydrogens (primary N) is 1. The number of piperazine rings is 1. The van der Waals surface area contributed by atoms with Gasteiger partial charge < -0.3 is 20.7 Å². The minimum atomic E-state index is -3.71. The summed E-state index contributed by atoms with van der Waals surface area (Å²) in [6.45, 7) is 0.843. The molecule has 0 aliphatic carbocycles. The number of nitrogens with one attached hydrogen (secondary N) is 1. The third kappa shape index (κ3) is 3.07. The quantitative estimate of drug-likeness (QED) is 0.704. The zero-order valence-corrected chi connectivity index (χ0v) is 13.7. The van der Waals surface area contributed by atoms with Crippen LogP contribution in [0.25, 0.3) is 0 Å². The number of hydrogen-bond donors (Lipinski definition) is 2. The fourth-order valence-electron chi connectivity index (χ4n) is 2.68. The molecule has 1 saturated heterocycles. The Labute approximate surface area is 139 Å². The molecule has 0 bridgehead atoms. The Morgan fingerprint density at radius 2 is 1.96 bits per heavy atom. The van der Waals surface area contributed by atoms with Gasteiger partial charge in [0, 0.05) is 26.2 Å². The maximum Gasteiger partial charge on any atom is 0.262 e. The second-order valence-electron chi connectivity index (χ2n) is 5.48. The summed E-state index contributed by atoms with van der Waals surface area (Å²) >= 11 is 0. The maximum absolute atomic E-state index is 12.7. The van der Waals surface area contributed by atoms with Crippen molar-refractivity contribution in [2.75, 3.05) is 44.6 Å². The molecule has 0 radical (unpaired) electrons. The van der Waals surface area contributed by atoms with Crippen molar-refractivity contribution in [2.24, 2.45) is 5.73 Å². The first-order valence-corrected chi connectivity index (χ1v) is 8.90. The largest absolute Gasteiger partial charge is 0.482 e. The van der Waals surface area contributed by atoms with Crippen LogP contribution in [-0.4, -0.2) is 68.8 Å². The number of ether oxygens (including phenoxy) is 1. The number of carbonyl (C=O) groups excluding carboxylic acids is 2. The van der Waals surface area contributed by atoms with E-state index in [1.807, 2.05) is 0 Å². The van der Waals surface area contributed by atoms with Crippen LogP contribution in [-0.2, 0) is 19.6 Å². The molecule has 1 fully saturated rings. The Kier molecular flexibility index (Phi) is 4.43. The van der Waals surface area contributed by atoms with Crippen LogP contribution in [0.5, 0.6) is 5.75 Å². The molecule has 2 aliphatic rings.